The molecule has 0 spiro atoms. The fraction of sp³-hybridized carbons (Fsp3) is 0.250. The van der Waals surface area contributed by atoms with E-state index in [0.717, 1.165) is 11.3 Å². The Hall–Kier alpha value is -1.71. The van der Waals surface area contributed by atoms with Gasteiger partial charge in [0.1, 0.15) is 5.75 Å². The molecule has 20 heavy (non-hydrogen) atoms. The van der Waals surface area contributed by atoms with Crippen molar-refractivity contribution in [3.05, 3.63) is 58.6 Å². The Morgan fingerprint density at radius 3 is 2.45 bits per heavy atom. The van der Waals surface area contributed by atoms with Gasteiger partial charge in [0.2, 0.25) is 0 Å². The molecule has 2 aromatic rings. The van der Waals surface area contributed by atoms with E-state index in [1.54, 1.807) is 13.2 Å². The van der Waals surface area contributed by atoms with Crippen LogP contribution in [0.25, 0.3) is 0 Å². The van der Waals surface area contributed by atoms with Crippen molar-refractivity contribution in [3.8, 4) is 5.75 Å². The van der Waals surface area contributed by atoms with E-state index in [9.17, 15) is 5.11 Å². The Balaban J connectivity index is 2.19. The van der Waals surface area contributed by atoms with Crippen LogP contribution in [0.15, 0.2) is 42.5 Å². The summed E-state index contributed by atoms with van der Waals surface area (Å²) in [6.45, 7) is 2.02. The summed E-state index contributed by atoms with van der Waals surface area (Å²) in [5.41, 5.74) is 3.07. The lowest BCUT2D eigenvalue weighted by atomic mass is 10.1. The van der Waals surface area contributed by atoms with Crippen molar-refractivity contribution in [1.29, 1.82) is 0 Å². The molecule has 2 rings (SSSR count). The van der Waals surface area contributed by atoms with Gasteiger partial charge in [-0.2, -0.15) is 0 Å². The summed E-state index contributed by atoms with van der Waals surface area (Å²) in [7, 11) is 1.58. The molecule has 1 unspecified atom stereocenters. The van der Waals surface area contributed by atoms with Crippen molar-refractivity contribution >= 4 is 17.3 Å². The smallest absolute Gasteiger partial charge is 0.137 e. The fourth-order valence-electron chi connectivity index (χ4n) is 1.98. The third-order valence-electron chi connectivity index (χ3n) is 3.15. The van der Waals surface area contributed by atoms with Gasteiger partial charge in [-0.3, -0.25) is 0 Å². The third kappa shape index (κ3) is 3.44. The minimum absolute atomic E-state index is 0.0173. The van der Waals surface area contributed by atoms with Gasteiger partial charge < -0.3 is 15.2 Å². The lowest BCUT2D eigenvalue weighted by Crippen LogP contribution is -2.14. The topological polar surface area (TPSA) is 41.5 Å². The monoisotopic (exact) mass is 291 g/mol. The number of aliphatic hydroxyl groups excluding tert-OH is 1. The third-order valence-corrected chi connectivity index (χ3v) is 3.45. The molecule has 1 atom stereocenters. The molecular weight excluding hydrogens is 274 g/mol. The molecule has 2 N–H and O–H groups in total. The number of nitrogens with one attached hydrogen (secondary N) is 1. The molecule has 3 nitrogen and oxygen atoms in total. The summed E-state index contributed by atoms with van der Waals surface area (Å²) in [6.07, 6.45) is 0. The summed E-state index contributed by atoms with van der Waals surface area (Å²) in [4.78, 5) is 0. The Morgan fingerprint density at radius 1 is 1.20 bits per heavy atom. The van der Waals surface area contributed by atoms with Gasteiger partial charge >= 0.3 is 0 Å². The van der Waals surface area contributed by atoms with Crippen molar-refractivity contribution in [2.24, 2.45) is 0 Å². The van der Waals surface area contributed by atoms with Gasteiger partial charge in [-0.1, -0.05) is 35.4 Å². The van der Waals surface area contributed by atoms with Crippen LogP contribution in [-0.4, -0.2) is 18.8 Å². The van der Waals surface area contributed by atoms with E-state index in [2.05, 4.69) is 5.32 Å². The molecule has 4 heteroatoms. The Morgan fingerprint density at radius 2 is 1.90 bits per heavy atom. The minimum atomic E-state index is -0.207. The molecule has 0 aliphatic carbocycles. The number of aliphatic hydroxyl groups is 1. The van der Waals surface area contributed by atoms with E-state index >= 15 is 0 Å². The molecule has 0 aliphatic heterocycles. The zero-order valence-electron chi connectivity index (χ0n) is 11.6. The van der Waals surface area contributed by atoms with E-state index in [0.29, 0.717) is 10.8 Å². The maximum absolute atomic E-state index is 9.58. The zero-order chi connectivity index (χ0) is 14.5. The number of benzene rings is 2. The summed E-state index contributed by atoms with van der Waals surface area (Å²) < 4.78 is 5.13. The average molecular weight is 292 g/mol. The van der Waals surface area contributed by atoms with Crippen LogP contribution in [0.4, 0.5) is 5.69 Å². The molecule has 2 aromatic carbocycles. The molecule has 0 fully saturated rings. The molecule has 0 bridgehead atoms. The van der Waals surface area contributed by atoms with Crippen molar-refractivity contribution in [2.75, 3.05) is 19.0 Å². The number of hydrogen-bond acceptors (Lipinski definition) is 3. The molecule has 0 aromatic heterocycles. The predicted octanol–water partition coefficient (Wildman–Crippen LogP) is 3.80. The highest BCUT2D eigenvalue weighted by molar-refractivity contribution is 6.32. The Kier molecular flexibility index (Phi) is 4.88. The molecule has 0 saturated heterocycles. The number of halogens is 1. The SMILES string of the molecule is COc1ccc(C(CO)Nc2ccc(C)cc2)cc1Cl. The van der Waals surface area contributed by atoms with E-state index in [4.69, 9.17) is 16.3 Å². The van der Waals surface area contributed by atoms with Gasteiger partial charge in [-0.15, -0.1) is 0 Å². The molecule has 0 heterocycles. The minimum Gasteiger partial charge on any atom is -0.495 e. The average Bonchev–Trinajstić information content (AvgIpc) is 2.46. The van der Waals surface area contributed by atoms with Gasteiger partial charge in [-0.25, -0.2) is 0 Å². The largest absolute Gasteiger partial charge is 0.495 e. The van der Waals surface area contributed by atoms with Gasteiger partial charge in [0, 0.05) is 5.69 Å². The molecule has 106 valence electrons. The fourth-order valence-corrected chi connectivity index (χ4v) is 2.25. The van der Waals surface area contributed by atoms with Crippen LogP contribution in [0.3, 0.4) is 0 Å². The first-order valence-corrected chi connectivity index (χ1v) is 6.79. The first-order chi connectivity index (χ1) is 9.63. The van der Waals surface area contributed by atoms with Crippen LogP contribution in [-0.2, 0) is 0 Å². The number of aryl methyl sites for hydroxylation is 1. The van der Waals surface area contributed by atoms with Crippen LogP contribution < -0.4 is 10.1 Å². The van der Waals surface area contributed by atoms with Crippen LogP contribution in [0.5, 0.6) is 5.75 Å². The highest BCUT2D eigenvalue weighted by Crippen LogP contribution is 2.29. The van der Waals surface area contributed by atoms with E-state index in [-0.39, 0.29) is 12.6 Å². The quantitative estimate of drug-likeness (QED) is 0.880. The van der Waals surface area contributed by atoms with Gasteiger partial charge in [0.25, 0.3) is 0 Å². The van der Waals surface area contributed by atoms with Gasteiger partial charge in [-0.05, 0) is 36.8 Å². The van der Waals surface area contributed by atoms with Gasteiger partial charge in [0.15, 0.2) is 0 Å². The predicted molar refractivity (Wildman–Crippen MR) is 82.6 cm³/mol. The van der Waals surface area contributed by atoms with E-state index in [1.807, 2.05) is 43.3 Å². The van der Waals surface area contributed by atoms with Crippen molar-refractivity contribution < 1.29 is 9.84 Å². The normalized spacial score (nSPS) is 12.0. The molecule has 0 amide bonds. The summed E-state index contributed by atoms with van der Waals surface area (Å²) >= 11 is 6.12. The van der Waals surface area contributed by atoms with Crippen molar-refractivity contribution in [3.63, 3.8) is 0 Å². The lowest BCUT2D eigenvalue weighted by Gasteiger charge is -2.19. The molecule has 0 saturated carbocycles. The number of hydrogen-bond donors (Lipinski definition) is 2. The maximum atomic E-state index is 9.58. The zero-order valence-corrected chi connectivity index (χ0v) is 12.3. The van der Waals surface area contributed by atoms with Crippen LogP contribution >= 0.6 is 11.6 Å². The summed E-state index contributed by atoms with van der Waals surface area (Å²) in [6, 6.07) is 13.3. The Labute approximate surface area is 124 Å². The molecular formula is C16H18ClNO2. The second kappa shape index (κ2) is 6.64. The molecule has 0 radical (unpaired) electrons. The molecule has 0 aliphatic rings. The van der Waals surface area contributed by atoms with E-state index < -0.39 is 0 Å². The number of ether oxygens (including phenoxy) is 1. The summed E-state index contributed by atoms with van der Waals surface area (Å²) in [5, 5.41) is 13.4. The first kappa shape index (κ1) is 14.7. The van der Waals surface area contributed by atoms with Crippen molar-refractivity contribution in [2.45, 2.75) is 13.0 Å². The number of methoxy groups -OCH3 is 1. The standard InChI is InChI=1S/C16H18ClNO2/c1-11-3-6-13(7-4-11)18-15(10-19)12-5-8-16(20-2)14(17)9-12/h3-9,15,18-19H,10H2,1-2H3. The summed E-state index contributed by atoms with van der Waals surface area (Å²) in [5.74, 6) is 0.627. The highest BCUT2D eigenvalue weighted by atomic mass is 35.5. The second-order valence-electron chi connectivity index (χ2n) is 4.64. The van der Waals surface area contributed by atoms with E-state index in [1.165, 1.54) is 5.56 Å². The Bertz CT molecular complexity index is 569. The first-order valence-electron chi connectivity index (χ1n) is 6.41. The second-order valence-corrected chi connectivity index (χ2v) is 5.05. The number of anilines is 1. The lowest BCUT2D eigenvalue weighted by molar-refractivity contribution is 0.276. The maximum Gasteiger partial charge on any atom is 0.137 e. The van der Waals surface area contributed by atoms with Crippen LogP contribution in [0.2, 0.25) is 5.02 Å². The highest BCUT2D eigenvalue weighted by Gasteiger charge is 2.12. The van der Waals surface area contributed by atoms with Crippen LogP contribution in [0.1, 0.15) is 17.2 Å². The number of rotatable bonds is 5. The van der Waals surface area contributed by atoms with Crippen LogP contribution in [0, 0.1) is 6.92 Å². The van der Waals surface area contributed by atoms with Gasteiger partial charge in [0.05, 0.1) is 24.8 Å². The van der Waals surface area contributed by atoms with Crippen molar-refractivity contribution in [1.82, 2.24) is 0 Å².